The molecule has 8 heteroatoms. The second kappa shape index (κ2) is 9.74. The maximum Gasteiger partial charge on any atom is 0.333 e. The van der Waals surface area contributed by atoms with Gasteiger partial charge in [-0.2, -0.15) is 0 Å². The van der Waals surface area contributed by atoms with Gasteiger partial charge in [0.2, 0.25) is 0 Å². The van der Waals surface area contributed by atoms with Crippen LogP contribution in [-0.4, -0.2) is 36.9 Å². The number of allylic oxidation sites excluding steroid dienone is 2. The van der Waals surface area contributed by atoms with Gasteiger partial charge >= 0.3 is 17.9 Å². The Bertz CT molecular complexity index is 1300. The van der Waals surface area contributed by atoms with Crippen LogP contribution in [0, 0.1) is 34.0 Å². The van der Waals surface area contributed by atoms with E-state index in [0.717, 1.165) is 23.1 Å². The number of carbonyl (C=O) groups is 4. The standard InChI is InChI=1S/C32H40O8/c1-8-17(2)29(36)40-28-20-13-19-21(32(6,26(20)35)23(30(28,3)4)15-24(33)37-7)9-11-31(5)22(19)14-25(34)39-27(31)18-10-12-38-16-18/h8,10,12,16,20-21,23,27-28H,9,11,13-15H2,1-7H3/b17-8+/t20?,21?,23-,27+,28-,31-,32-/m1/s1. The summed E-state index contributed by atoms with van der Waals surface area (Å²) in [6.07, 6.45) is 5.69. The summed E-state index contributed by atoms with van der Waals surface area (Å²) in [6, 6.07) is 1.83. The number of methoxy groups -OCH3 is 1. The molecule has 1 aromatic heterocycles. The van der Waals surface area contributed by atoms with E-state index in [0.29, 0.717) is 18.4 Å². The van der Waals surface area contributed by atoms with Crippen LogP contribution in [0.25, 0.3) is 0 Å². The lowest BCUT2D eigenvalue weighted by Gasteiger charge is -2.63. The summed E-state index contributed by atoms with van der Waals surface area (Å²) >= 11 is 0. The minimum absolute atomic E-state index is 0.0272. The molecule has 0 amide bonds. The van der Waals surface area contributed by atoms with Gasteiger partial charge in [-0.05, 0) is 56.6 Å². The third-order valence-corrected chi connectivity index (χ3v) is 10.8. The van der Waals surface area contributed by atoms with Crippen LogP contribution in [0.1, 0.15) is 85.3 Å². The summed E-state index contributed by atoms with van der Waals surface area (Å²) in [5.41, 5.74) is 1.32. The number of hydrogen-bond acceptors (Lipinski definition) is 8. The zero-order chi connectivity index (χ0) is 29.2. The minimum Gasteiger partial charge on any atom is -0.472 e. The lowest BCUT2D eigenvalue weighted by Crippen LogP contribution is -2.66. The molecule has 0 spiro atoms. The summed E-state index contributed by atoms with van der Waals surface area (Å²) in [5, 5.41) is 0. The second-order valence-corrected chi connectivity index (χ2v) is 13.0. The molecule has 216 valence electrons. The van der Waals surface area contributed by atoms with Crippen molar-refractivity contribution in [3.05, 3.63) is 47.0 Å². The molecule has 1 aromatic rings. The lowest BCUT2D eigenvalue weighted by molar-refractivity contribution is -0.197. The van der Waals surface area contributed by atoms with Gasteiger partial charge in [0.1, 0.15) is 18.0 Å². The molecule has 7 atom stereocenters. The number of fused-ring (bicyclic) bond motifs is 5. The number of cyclic esters (lactones) is 1. The molecule has 2 heterocycles. The molecule has 2 saturated carbocycles. The summed E-state index contributed by atoms with van der Waals surface area (Å²) < 4.78 is 22.5. The van der Waals surface area contributed by atoms with Crippen molar-refractivity contribution in [3.8, 4) is 0 Å². The van der Waals surface area contributed by atoms with Crippen LogP contribution in [0.2, 0.25) is 0 Å². The van der Waals surface area contributed by atoms with Crippen molar-refractivity contribution in [1.82, 2.24) is 0 Å². The highest BCUT2D eigenvalue weighted by Crippen LogP contribution is 2.68. The molecule has 1 aliphatic heterocycles. The van der Waals surface area contributed by atoms with Gasteiger partial charge in [-0.1, -0.05) is 39.3 Å². The average Bonchev–Trinajstić information content (AvgIpc) is 3.45. The molecular formula is C32H40O8. The fourth-order valence-electron chi connectivity index (χ4n) is 8.52. The topological polar surface area (TPSA) is 109 Å². The maximum absolute atomic E-state index is 14.5. The summed E-state index contributed by atoms with van der Waals surface area (Å²) in [6.45, 7) is 11.6. The van der Waals surface area contributed by atoms with Crippen molar-refractivity contribution in [1.29, 1.82) is 0 Å². The highest BCUT2D eigenvalue weighted by molar-refractivity contribution is 5.93. The molecular weight excluding hydrogens is 512 g/mol. The van der Waals surface area contributed by atoms with E-state index < -0.39 is 52.2 Å². The van der Waals surface area contributed by atoms with Crippen molar-refractivity contribution >= 4 is 23.7 Å². The number of carbonyl (C=O) groups excluding carboxylic acids is 4. The van der Waals surface area contributed by atoms with Crippen molar-refractivity contribution in [3.63, 3.8) is 0 Å². The second-order valence-electron chi connectivity index (χ2n) is 13.0. The smallest absolute Gasteiger partial charge is 0.333 e. The fourth-order valence-corrected chi connectivity index (χ4v) is 8.52. The number of rotatable bonds is 5. The molecule has 40 heavy (non-hydrogen) atoms. The average molecular weight is 553 g/mol. The molecule has 2 bridgehead atoms. The van der Waals surface area contributed by atoms with Crippen LogP contribution in [0.15, 0.2) is 45.8 Å². The number of hydrogen-bond donors (Lipinski definition) is 0. The molecule has 3 fully saturated rings. The molecule has 4 aliphatic rings. The van der Waals surface area contributed by atoms with E-state index in [9.17, 15) is 19.2 Å². The third-order valence-electron chi connectivity index (χ3n) is 10.8. The normalized spacial score (nSPS) is 36.8. The molecule has 0 aromatic carbocycles. The van der Waals surface area contributed by atoms with Gasteiger partial charge in [-0.15, -0.1) is 0 Å². The van der Waals surface area contributed by atoms with Crippen LogP contribution < -0.4 is 0 Å². The maximum atomic E-state index is 14.5. The zero-order valence-corrected chi connectivity index (χ0v) is 24.5. The van der Waals surface area contributed by atoms with Crippen molar-refractivity contribution in [2.24, 2.45) is 34.0 Å². The van der Waals surface area contributed by atoms with Gasteiger partial charge in [0.15, 0.2) is 0 Å². The quantitative estimate of drug-likeness (QED) is 0.199. The van der Waals surface area contributed by atoms with Crippen LogP contribution in [-0.2, 0) is 33.4 Å². The van der Waals surface area contributed by atoms with E-state index >= 15 is 0 Å². The lowest BCUT2D eigenvalue weighted by atomic mass is 9.40. The van der Waals surface area contributed by atoms with Crippen LogP contribution in [0.3, 0.4) is 0 Å². The van der Waals surface area contributed by atoms with Crippen LogP contribution >= 0.6 is 0 Å². The summed E-state index contributed by atoms with van der Waals surface area (Å²) in [5.74, 6) is -2.32. The molecule has 0 N–H and O–H groups in total. The van der Waals surface area contributed by atoms with E-state index in [4.69, 9.17) is 18.6 Å². The van der Waals surface area contributed by atoms with Gasteiger partial charge in [-0.3, -0.25) is 14.4 Å². The van der Waals surface area contributed by atoms with Gasteiger partial charge in [0.05, 0.1) is 32.0 Å². The number of furan rings is 1. The van der Waals surface area contributed by atoms with E-state index in [-0.39, 0.29) is 30.5 Å². The van der Waals surface area contributed by atoms with Gasteiger partial charge in [-0.25, -0.2) is 4.79 Å². The highest BCUT2D eigenvalue weighted by atomic mass is 16.6. The number of ether oxygens (including phenoxy) is 3. The summed E-state index contributed by atoms with van der Waals surface area (Å²) in [4.78, 5) is 53.3. The molecule has 2 unspecified atom stereocenters. The minimum atomic E-state index is -0.894. The highest BCUT2D eigenvalue weighted by Gasteiger charge is 2.68. The largest absolute Gasteiger partial charge is 0.472 e. The number of ketones is 1. The van der Waals surface area contributed by atoms with E-state index in [1.807, 2.05) is 26.8 Å². The number of Topliss-reactive ketones (excluding diaryl/α,β-unsaturated/α-hetero) is 1. The van der Waals surface area contributed by atoms with Gasteiger partial charge in [0, 0.05) is 33.8 Å². The molecule has 0 radical (unpaired) electrons. The predicted octanol–water partition coefficient (Wildman–Crippen LogP) is 5.67. The first-order valence-electron chi connectivity index (χ1n) is 14.2. The Balaban J connectivity index is 1.68. The van der Waals surface area contributed by atoms with E-state index in [2.05, 4.69) is 6.92 Å². The molecule has 5 rings (SSSR count). The Hall–Kier alpha value is -3.16. The zero-order valence-electron chi connectivity index (χ0n) is 24.5. The van der Waals surface area contributed by atoms with Crippen molar-refractivity contribution in [2.45, 2.75) is 85.9 Å². The Morgan fingerprint density at radius 2 is 1.90 bits per heavy atom. The predicted molar refractivity (Wildman–Crippen MR) is 144 cm³/mol. The van der Waals surface area contributed by atoms with Crippen LogP contribution in [0.5, 0.6) is 0 Å². The third kappa shape index (κ3) is 4.00. The monoisotopic (exact) mass is 552 g/mol. The van der Waals surface area contributed by atoms with E-state index in [1.54, 1.807) is 32.4 Å². The van der Waals surface area contributed by atoms with E-state index in [1.165, 1.54) is 7.11 Å². The number of esters is 3. The van der Waals surface area contributed by atoms with Gasteiger partial charge < -0.3 is 18.6 Å². The van der Waals surface area contributed by atoms with Crippen molar-refractivity contribution in [2.75, 3.05) is 7.11 Å². The Morgan fingerprint density at radius 1 is 1.18 bits per heavy atom. The first kappa shape index (κ1) is 28.4. The molecule has 1 saturated heterocycles. The van der Waals surface area contributed by atoms with Crippen LogP contribution in [0.4, 0.5) is 0 Å². The SMILES string of the molecule is C/C=C(\C)C(=O)O[C@@H]1C2CC3=C4CC(=O)O[C@@H](c5ccoc5)[C@]4(C)CCC3[C@@](C)(C2=O)[C@H](CC(=O)OC)C1(C)C. The Labute approximate surface area is 235 Å². The van der Waals surface area contributed by atoms with Crippen molar-refractivity contribution < 1.29 is 37.8 Å². The fraction of sp³-hybridized carbons (Fsp3) is 0.625. The first-order chi connectivity index (χ1) is 18.8. The molecule has 8 nitrogen and oxygen atoms in total. The molecule has 3 aliphatic carbocycles. The summed E-state index contributed by atoms with van der Waals surface area (Å²) in [7, 11) is 1.35. The Morgan fingerprint density at radius 3 is 2.52 bits per heavy atom. The Kier molecular flexibility index (Phi) is 6.91. The first-order valence-corrected chi connectivity index (χ1v) is 14.2. The van der Waals surface area contributed by atoms with Gasteiger partial charge in [0.25, 0.3) is 0 Å².